The third-order valence-electron chi connectivity index (χ3n) is 4.85. The van der Waals surface area contributed by atoms with Gasteiger partial charge in [-0.05, 0) is 49.7 Å². The molecule has 2 aromatic rings. The molecular formula is C21H25N3O3S. The molecule has 0 spiro atoms. The lowest BCUT2D eigenvalue weighted by atomic mass is 10.0. The minimum Gasteiger partial charge on any atom is -0.378 e. The van der Waals surface area contributed by atoms with Crippen LogP contribution in [0.1, 0.15) is 25.0 Å². The van der Waals surface area contributed by atoms with E-state index < -0.39 is 10.0 Å². The smallest absolute Gasteiger partial charge is 0.258 e. The van der Waals surface area contributed by atoms with Crippen LogP contribution < -0.4 is 14.5 Å². The largest absolute Gasteiger partial charge is 0.378 e. The molecule has 6 nitrogen and oxygen atoms in total. The van der Waals surface area contributed by atoms with Gasteiger partial charge in [-0.25, -0.2) is 13.1 Å². The van der Waals surface area contributed by atoms with Gasteiger partial charge < -0.3 is 9.80 Å². The van der Waals surface area contributed by atoms with Crippen LogP contribution in [0.15, 0.2) is 52.9 Å². The number of carbonyl (C=O) groups excluding carboxylic acids is 1. The van der Waals surface area contributed by atoms with Crippen molar-refractivity contribution >= 4 is 32.9 Å². The summed E-state index contributed by atoms with van der Waals surface area (Å²) < 4.78 is 28.2. The lowest BCUT2D eigenvalue weighted by Crippen LogP contribution is -2.23. The lowest BCUT2D eigenvalue weighted by molar-refractivity contribution is -0.112. The molecule has 28 heavy (non-hydrogen) atoms. The van der Waals surface area contributed by atoms with Gasteiger partial charge in [-0.3, -0.25) is 4.79 Å². The van der Waals surface area contributed by atoms with Crippen LogP contribution >= 0.6 is 0 Å². The molecule has 1 aliphatic heterocycles. The molecule has 1 aliphatic rings. The number of sulfonamides is 1. The van der Waals surface area contributed by atoms with Gasteiger partial charge in [0.2, 0.25) is 10.0 Å². The molecule has 1 N–H and O–H groups in total. The fraction of sp³-hybridized carbons (Fsp3) is 0.286. The van der Waals surface area contributed by atoms with Gasteiger partial charge in [0.05, 0.1) is 10.6 Å². The third kappa shape index (κ3) is 3.68. The highest BCUT2D eigenvalue weighted by Gasteiger charge is 2.31. The average molecular weight is 400 g/mol. The van der Waals surface area contributed by atoms with Crippen molar-refractivity contribution in [1.29, 1.82) is 0 Å². The van der Waals surface area contributed by atoms with E-state index in [2.05, 4.69) is 4.72 Å². The van der Waals surface area contributed by atoms with E-state index in [9.17, 15) is 13.2 Å². The Morgan fingerprint density at radius 3 is 2.29 bits per heavy atom. The Labute approximate surface area is 166 Å². The van der Waals surface area contributed by atoms with Crippen LogP contribution in [-0.4, -0.2) is 35.5 Å². The van der Waals surface area contributed by atoms with Crippen molar-refractivity contribution in [2.45, 2.75) is 25.3 Å². The molecular weight excluding hydrogens is 374 g/mol. The molecule has 0 aromatic heterocycles. The summed E-state index contributed by atoms with van der Waals surface area (Å²) in [7, 11) is 1.90. The van der Waals surface area contributed by atoms with Gasteiger partial charge in [0, 0.05) is 44.5 Å². The van der Waals surface area contributed by atoms with E-state index in [-0.39, 0.29) is 17.3 Å². The summed E-state index contributed by atoms with van der Waals surface area (Å²) in [5.41, 5.74) is 4.72. The molecule has 7 heteroatoms. The summed E-state index contributed by atoms with van der Waals surface area (Å²) in [5.74, 6) is -0.113. The van der Waals surface area contributed by atoms with Crippen molar-refractivity contribution in [1.82, 2.24) is 4.72 Å². The van der Waals surface area contributed by atoms with Crippen molar-refractivity contribution in [3.63, 3.8) is 0 Å². The molecule has 2 aromatic carbocycles. The Morgan fingerprint density at radius 1 is 1.07 bits per heavy atom. The molecule has 3 rings (SSSR count). The molecule has 0 aliphatic carbocycles. The highest BCUT2D eigenvalue weighted by molar-refractivity contribution is 7.89. The zero-order valence-corrected chi connectivity index (χ0v) is 17.6. The number of amides is 1. The van der Waals surface area contributed by atoms with E-state index in [0.717, 1.165) is 22.5 Å². The molecule has 0 saturated carbocycles. The zero-order chi connectivity index (χ0) is 20.6. The number of hydrogen-bond donors (Lipinski definition) is 1. The Balaban J connectivity index is 1.85. The second-order valence-corrected chi connectivity index (χ2v) is 9.07. The summed E-state index contributed by atoms with van der Waals surface area (Å²) in [6, 6.07) is 12.5. The van der Waals surface area contributed by atoms with Gasteiger partial charge in [-0.2, -0.15) is 0 Å². The summed E-state index contributed by atoms with van der Waals surface area (Å²) in [5, 5.41) is 0. The Hall–Kier alpha value is -2.64. The zero-order valence-electron chi connectivity index (χ0n) is 16.8. The average Bonchev–Trinajstić information content (AvgIpc) is 2.90. The first-order valence-electron chi connectivity index (χ1n) is 8.97. The Morgan fingerprint density at radius 2 is 1.71 bits per heavy atom. The molecule has 0 atom stereocenters. The number of rotatable bonds is 5. The standard InChI is InChI=1S/C21H25N3O3S/c1-14(2)20-18-12-17(10-11-19(18)24(5)21(20)25)28(26,27)22-13-15-6-8-16(9-7-15)23(3)4/h6-12,22H,13H2,1-5H3. The van der Waals surface area contributed by atoms with Gasteiger partial charge >= 0.3 is 0 Å². The number of hydrogen-bond acceptors (Lipinski definition) is 4. The molecule has 1 heterocycles. The van der Waals surface area contributed by atoms with Crippen LogP contribution in [-0.2, 0) is 21.4 Å². The molecule has 0 saturated heterocycles. The highest BCUT2D eigenvalue weighted by Crippen LogP contribution is 2.38. The van der Waals surface area contributed by atoms with Gasteiger partial charge in [0.1, 0.15) is 0 Å². The van der Waals surface area contributed by atoms with Crippen LogP contribution in [0, 0.1) is 0 Å². The van der Waals surface area contributed by atoms with E-state index in [4.69, 9.17) is 0 Å². The van der Waals surface area contributed by atoms with Crippen molar-refractivity contribution in [3.8, 4) is 0 Å². The van der Waals surface area contributed by atoms with Crippen molar-refractivity contribution < 1.29 is 13.2 Å². The fourth-order valence-corrected chi connectivity index (χ4v) is 4.27. The van der Waals surface area contributed by atoms with Crippen LogP contribution in [0.3, 0.4) is 0 Å². The quantitative estimate of drug-likeness (QED) is 0.785. The molecule has 0 radical (unpaired) electrons. The Kier molecular flexibility index (Phi) is 5.32. The molecule has 148 valence electrons. The predicted molar refractivity (Wildman–Crippen MR) is 113 cm³/mol. The van der Waals surface area contributed by atoms with E-state index in [1.54, 1.807) is 24.1 Å². The summed E-state index contributed by atoms with van der Waals surface area (Å²) in [6.07, 6.45) is 0. The van der Waals surface area contributed by atoms with Crippen LogP contribution in [0.25, 0.3) is 5.57 Å². The highest BCUT2D eigenvalue weighted by atomic mass is 32.2. The monoisotopic (exact) mass is 399 g/mol. The summed E-state index contributed by atoms with van der Waals surface area (Å²) in [4.78, 5) is 16.1. The van der Waals surface area contributed by atoms with Gasteiger partial charge in [-0.15, -0.1) is 0 Å². The van der Waals surface area contributed by atoms with Gasteiger partial charge in [0.25, 0.3) is 5.91 Å². The minimum atomic E-state index is -3.70. The van der Waals surface area contributed by atoms with Crippen molar-refractivity contribution in [2.75, 3.05) is 30.9 Å². The van der Waals surface area contributed by atoms with Crippen LogP contribution in [0.2, 0.25) is 0 Å². The SMILES string of the molecule is CC(C)=C1C(=O)N(C)c2ccc(S(=O)(=O)NCc3ccc(N(C)C)cc3)cc21. The Bertz CT molecular complexity index is 1050. The normalized spacial score (nSPS) is 13.7. The van der Waals surface area contributed by atoms with E-state index in [1.165, 1.54) is 6.07 Å². The number of allylic oxidation sites excluding steroid dienone is 1. The number of benzene rings is 2. The van der Waals surface area contributed by atoms with E-state index in [0.29, 0.717) is 11.1 Å². The first-order valence-corrected chi connectivity index (χ1v) is 10.5. The maximum Gasteiger partial charge on any atom is 0.258 e. The number of anilines is 2. The first-order chi connectivity index (χ1) is 13.1. The van der Waals surface area contributed by atoms with Crippen molar-refractivity contribution in [3.05, 3.63) is 59.2 Å². The third-order valence-corrected chi connectivity index (χ3v) is 6.25. The summed E-state index contributed by atoms with van der Waals surface area (Å²) in [6.45, 7) is 3.90. The van der Waals surface area contributed by atoms with Crippen LogP contribution in [0.5, 0.6) is 0 Å². The fourth-order valence-electron chi connectivity index (χ4n) is 3.22. The minimum absolute atomic E-state index is 0.113. The number of likely N-dealkylation sites (N-methyl/N-ethyl adjacent to an activating group) is 1. The number of nitrogens with one attached hydrogen (secondary N) is 1. The first kappa shape index (κ1) is 20.1. The molecule has 1 amide bonds. The molecule has 0 unspecified atom stereocenters. The van der Waals surface area contributed by atoms with Crippen LogP contribution in [0.4, 0.5) is 11.4 Å². The number of fused-ring (bicyclic) bond motifs is 1. The second-order valence-electron chi connectivity index (χ2n) is 7.30. The number of nitrogens with zero attached hydrogens (tertiary/aromatic N) is 2. The number of carbonyl (C=O) groups is 1. The molecule has 0 bridgehead atoms. The van der Waals surface area contributed by atoms with Gasteiger partial charge in [0.15, 0.2) is 0 Å². The predicted octanol–water partition coefficient (Wildman–Crippen LogP) is 3.00. The van der Waals surface area contributed by atoms with E-state index in [1.807, 2.05) is 57.1 Å². The molecule has 0 fully saturated rings. The second kappa shape index (κ2) is 7.41. The van der Waals surface area contributed by atoms with E-state index >= 15 is 0 Å². The summed E-state index contributed by atoms with van der Waals surface area (Å²) >= 11 is 0. The van der Waals surface area contributed by atoms with Gasteiger partial charge in [-0.1, -0.05) is 17.7 Å². The lowest BCUT2D eigenvalue weighted by Gasteiger charge is -2.13. The van der Waals surface area contributed by atoms with Crippen molar-refractivity contribution in [2.24, 2.45) is 0 Å². The topological polar surface area (TPSA) is 69.7 Å². The maximum atomic E-state index is 12.8. The maximum absolute atomic E-state index is 12.8.